The Morgan fingerprint density at radius 2 is 1.97 bits per heavy atom. The highest BCUT2D eigenvalue weighted by Gasteiger charge is 2.33. The van der Waals surface area contributed by atoms with Gasteiger partial charge in [0.05, 0.1) is 12.2 Å². The summed E-state index contributed by atoms with van der Waals surface area (Å²) >= 11 is 12.5. The molecule has 5 rings (SSSR count). The summed E-state index contributed by atoms with van der Waals surface area (Å²) in [5, 5.41) is 11.9. The molecule has 0 unspecified atom stereocenters. The predicted molar refractivity (Wildman–Crippen MR) is 135 cm³/mol. The molecule has 0 saturated carbocycles. The van der Waals surface area contributed by atoms with Gasteiger partial charge in [-0.2, -0.15) is 10.1 Å². The molecule has 4 heterocycles. The van der Waals surface area contributed by atoms with Gasteiger partial charge in [0.15, 0.2) is 11.3 Å². The molecular weight excluding hydrogens is 491 g/mol. The molecule has 2 atom stereocenters. The zero-order valence-corrected chi connectivity index (χ0v) is 21.0. The fraction of sp³-hybridized carbons (Fsp3) is 0.435. The van der Waals surface area contributed by atoms with Crippen LogP contribution in [0.1, 0.15) is 31.4 Å². The number of halogens is 2. The molecule has 2 N–H and O–H groups in total. The molecule has 184 valence electrons. The van der Waals surface area contributed by atoms with E-state index in [1.807, 2.05) is 26.2 Å². The second kappa shape index (κ2) is 9.50. The van der Waals surface area contributed by atoms with Crippen LogP contribution >= 0.6 is 23.2 Å². The van der Waals surface area contributed by atoms with Crippen molar-refractivity contribution in [1.82, 2.24) is 30.0 Å². The Morgan fingerprint density at radius 1 is 1.20 bits per heavy atom. The van der Waals surface area contributed by atoms with Gasteiger partial charge in [-0.05, 0) is 31.0 Å². The molecule has 2 saturated heterocycles. The van der Waals surface area contributed by atoms with Gasteiger partial charge < -0.3 is 20.4 Å². The molecule has 10 nitrogen and oxygen atoms in total. The minimum absolute atomic E-state index is 0.0184. The first kappa shape index (κ1) is 23.6. The Hall–Kier alpha value is -3.11. The summed E-state index contributed by atoms with van der Waals surface area (Å²) in [7, 11) is 1.84. The number of fused-ring (bicyclic) bond motifs is 1. The minimum atomic E-state index is -0.408. The summed E-state index contributed by atoms with van der Waals surface area (Å²) < 4.78 is 1.71. The Morgan fingerprint density at radius 3 is 2.66 bits per heavy atom. The highest BCUT2D eigenvalue weighted by atomic mass is 35.5. The summed E-state index contributed by atoms with van der Waals surface area (Å²) in [4.78, 5) is 37.6. The lowest BCUT2D eigenvalue weighted by atomic mass is 10.1. The second-order valence-electron chi connectivity index (χ2n) is 8.91. The fourth-order valence-corrected chi connectivity index (χ4v) is 5.11. The Balaban J connectivity index is 1.35. The zero-order chi connectivity index (χ0) is 24.7. The Kier molecular flexibility index (Phi) is 6.41. The number of carbonyl (C=O) groups excluding carboxylic acids is 2. The number of nitrogens with zero attached hydrogens (tertiary/aromatic N) is 6. The van der Waals surface area contributed by atoms with Crippen LogP contribution < -0.4 is 15.5 Å². The number of amides is 2. The highest BCUT2D eigenvalue weighted by molar-refractivity contribution is 6.35. The molecule has 0 radical (unpaired) electrons. The van der Waals surface area contributed by atoms with Crippen molar-refractivity contribution in [2.45, 2.75) is 31.8 Å². The van der Waals surface area contributed by atoms with E-state index in [9.17, 15) is 9.59 Å². The van der Waals surface area contributed by atoms with Crippen LogP contribution in [0.2, 0.25) is 10.0 Å². The van der Waals surface area contributed by atoms with Gasteiger partial charge in [0.1, 0.15) is 11.6 Å². The Bertz CT molecular complexity index is 1290. The molecule has 1 aromatic carbocycles. The van der Waals surface area contributed by atoms with E-state index in [0.717, 1.165) is 11.1 Å². The number of carbonyl (C=O) groups is 2. The maximum Gasteiger partial charge on any atom is 0.245 e. The third kappa shape index (κ3) is 4.85. The average molecular weight is 517 g/mol. The zero-order valence-electron chi connectivity index (χ0n) is 19.5. The van der Waals surface area contributed by atoms with Crippen molar-refractivity contribution >= 4 is 57.8 Å². The maximum absolute atomic E-state index is 12.7. The monoisotopic (exact) mass is 516 g/mol. The summed E-state index contributed by atoms with van der Waals surface area (Å²) in [6, 6.07) is 4.86. The number of hydrogen-bond donors (Lipinski definition) is 2. The number of piperazine rings is 1. The highest BCUT2D eigenvalue weighted by Crippen LogP contribution is 2.31. The third-order valence-electron chi connectivity index (χ3n) is 6.42. The molecule has 0 spiro atoms. The van der Waals surface area contributed by atoms with E-state index in [-0.39, 0.29) is 17.9 Å². The SMILES string of the molecule is C[C@@H](Nc1nc(N2CCN(C(=O)[C@@H]3CCC(=O)N3)CC2)nc2cn(C)nc12)c1ccc(Cl)cc1Cl. The molecular formula is C23H26Cl2N8O2. The van der Waals surface area contributed by atoms with E-state index in [4.69, 9.17) is 33.2 Å². The number of anilines is 2. The quantitative estimate of drug-likeness (QED) is 0.536. The van der Waals surface area contributed by atoms with Crippen LogP contribution in [-0.2, 0) is 16.6 Å². The third-order valence-corrected chi connectivity index (χ3v) is 6.98. The molecule has 0 bridgehead atoms. The predicted octanol–water partition coefficient (Wildman–Crippen LogP) is 2.77. The number of aromatic nitrogens is 4. The smallest absolute Gasteiger partial charge is 0.245 e. The molecule has 2 aliphatic heterocycles. The largest absolute Gasteiger partial charge is 0.361 e. The van der Waals surface area contributed by atoms with E-state index in [1.54, 1.807) is 21.7 Å². The summed E-state index contributed by atoms with van der Waals surface area (Å²) in [6.07, 6.45) is 2.82. The topological polar surface area (TPSA) is 108 Å². The van der Waals surface area contributed by atoms with Crippen molar-refractivity contribution in [2.75, 3.05) is 36.4 Å². The van der Waals surface area contributed by atoms with Gasteiger partial charge in [-0.1, -0.05) is 29.3 Å². The van der Waals surface area contributed by atoms with Crippen molar-refractivity contribution in [1.29, 1.82) is 0 Å². The molecule has 2 amide bonds. The van der Waals surface area contributed by atoms with Crippen molar-refractivity contribution in [3.8, 4) is 0 Å². The van der Waals surface area contributed by atoms with Crippen LogP contribution in [0, 0.1) is 0 Å². The molecule has 35 heavy (non-hydrogen) atoms. The molecule has 2 aliphatic rings. The lowest BCUT2D eigenvalue weighted by Gasteiger charge is -2.36. The maximum atomic E-state index is 12.7. The Labute approximate surface area is 212 Å². The molecule has 0 aliphatic carbocycles. The summed E-state index contributed by atoms with van der Waals surface area (Å²) in [5.41, 5.74) is 2.28. The number of rotatable bonds is 5. The minimum Gasteiger partial charge on any atom is -0.361 e. The lowest BCUT2D eigenvalue weighted by Crippen LogP contribution is -2.53. The van der Waals surface area contributed by atoms with E-state index < -0.39 is 6.04 Å². The van der Waals surface area contributed by atoms with Crippen molar-refractivity contribution in [3.63, 3.8) is 0 Å². The van der Waals surface area contributed by atoms with Gasteiger partial charge in [0.25, 0.3) is 0 Å². The van der Waals surface area contributed by atoms with Gasteiger partial charge in [-0.15, -0.1) is 0 Å². The average Bonchev–Trinajstić information content (AvgIpc) is 3.43. The van der Waals surface area contributed by atoms with E-state index in [0.29, 0.717) is 66.3 Å². The molecule has 2 fully saturated rings. The number of hydrogen-bond acceptors (Lipinski definition) is 7. The first-order valence-electron chi connectivity index (χ1n) is 11.5. The van der Waals surface area contributed by atoms with Crippen molar-refractivity contribution in [3.05, 3.63) is 40.0 Å². The normalized spacial score (nSPS) is 19.2. The first-order valence-corrected chi connectivity index (χ1v) is 12.3. The molecule has 3 aromatic rings. The standard InChI is InChI=1S/C23H26Cl2N8O2/c1-13(15-4-3-14(24)11-16(15)25)26-21-20-18(12-31(2)30-20)28-23(29-21)33-9-7-32(8-10-33)22(35)17-5-6-19(34)27-17/h3-4,11-13,17H,5-10H2,1-2H3,(H,27,34)(H,26,28,29)/t13-,17+/m1/s1. The van der Waals surface area contributed by atoms with Gasteiger partial charge in [-0.3, -0.25) is 14.3 Å². The van der Waals surface area contributed by atoms with Crippen molar-refractivity contribution in [2.24, 2.45) is 7.05 Å². The van der Waals surface area contributed by atoms with Crippen LogP contribution in [0.5, 0.6) is 0 Å². The lowest BCUT2D eigenvalue weighted by molar-refractivity contribution is -0.134. The number of benzene rings is 1. The van der Waals surface area contributed by atoms with Crippen LogP contribution in [0.25, 0.3) is 11.0 Å². The van der Waals surface area contributed by atoms with Crippen LogP contribution in [-0.4, -0.2) is 68.7 Å². The van der Waals surface area contributed by atoms with Crippen LogP contribution in [0.15, 0.2) is 24.4 Å². The van der Waals surface area contributed by atoms with Crippen molar-refractivity contribution < 1.29 is 9.59 Å². The van der Waals surface area contributed by atoms with Gasteiger partial charge in [0, 0.05) is 49.7 Å². The summed E-state index contributed by atoms with van der Waals surface area (Å²) in [5.74, 6) is 1.10. The van der Waals surface area contributed by atoms with Crippen LogP contribution in [0.4, 0.5) is 11.8 Å². The molecule has 2 aromatic heterocycles. The number of nitrogens with one attached hydrogen (secondary N) is 2. The number of aryl methyl sites for hydroxylation is 1. The second-order valence-corrected chi connectivity index (χ2v) is 9.76. The van der Waals surface area contributed by atoms with Gasteiger partial charge in [0.2, 0.25) is 17.8 Å². The van der Waals surface area contributed by atoms with E-state index in [1.165, 1.54) is 0 Å². The van der Waals surface area contributed by atoms with Gasteiger partial charge in [-0.25, -0.2) is 4.98 Å². The van der Waals surface area contributed by atoms with Gasteiger partial charge >= 0.3 is 0 Å². The molecule has 12 heteroatoms. The fourth-order valence-electron chi connectivity index (χ4n) is 4.54. The van der Waals surface area contributed by atoms with E-state index >= 15 is 0 Å². The van der Waals surface area contributed by atoms with E-state index in [2.05, 4.69) is 20.6 Å². The van der Waals surface area contributed by atoms with Crippen LogP contribution in [0.3, 0.4) is 0 Å². The first-order chi connectivity index (χ1) is 16.8. The summed E-state index contributed by atoms with van der Waals surface area (Å²) in [6.45, 7) is 4.27.